The number of hydrogen-bond donors (Lipinski definition) is 2. The summed E-state index contributed by atoms with van der Waals surface area (Å²) in [6, 6.07) is 14.1. The first-order valence-corrected chi connectivity index (χ1v) is 8.36. The van der Waals surface area contributed by atoms with Crippen LogP contribution in [0, 0.1) is 5.82 Å². The number of amides is 1. The van der Waals surface area contributed by atoms with Gasteiger partial charge in [-0.1, -0.05) is 18.2 Å². The lowest BCUT2D eigenvalue weighted by atomic mass is 10.0. The van der Waals surface area contributed by atoms with Gasteiger partial charge in [0.2, 0.25) is 0 Å². The van der Waals surface area contributed by atoms with Crippen molar-refractivity contribution >= 4 is 22.6 Å². The van der Waals surface area contributed by atoms with E-state index in [1.807, 2.05) is 0 Å². The molecule has 0 unspecified atom stereocenters. The van der Waals surface area contributed by atoms with Crippen molar-refractivity contribution in [1.82, 2.24) is 10.2 Å². The Hall–Kier alpha value is -3.94. The molecule has 0 spiro atoms. The number of benzene rings is 2. The summed E-state index contributed by atoms with van der Waals surface area (Å²) in [6.45, 7) is 0. The molecule has 0 aliphatic rings. The third-order valence-electron chi connectivity index (χ3n) is 4.06. The Morgan fingerprint density at radius 2 is 2.04 bits per heavy atom. The van der Waals surface area contributed by atoms with E-state index in [0.29, 0.717) is 28.6 Å². The molecule has 0 saturated carbocycles. The number of carbonyl (C=O) groups is 1. The topological polar surface area (TPSA) is 97.2 Å². The molecule has 2 aromatic heterocycles. The van der Waals surface area contributed by atoms with E-state index in [1.54, 1.807) is 30.3 Å². The number of nitrogens with one attached hydrogen (secondary N) is 2. The number of ether oxygens (including phenoxy) is 1. The molecule has 4 rings (SSSR count). The Bertz CT molecular complexity index is 1200. The minimum absolute atomic E-state index is 0.0534. The lowest BCUT2D eigenvalue weighted by molar-refractivity contribution is 0.202. The molecular formula is C20H14FN3O4. The zero-order valence-electron chi connectivity index (χ0n) is 14.4. The van der Waals surface area contributed by atoms with Crippen molar-refractivity contribution in [3.63, 3.8) is 0 Å². The summed E-state index contributed by atoms with van der Waals surface area (Å²) >= 11 is 0. The highest BCUT2D eigenvalue weighted by Crippen LogP contribution is 2.21. The molecule has 0 saturated heterocycles. The minimum Gasteiger partial charge on any atom is -0.434 e. The number of fused-ring (bicyclic) bond motifs is 1. The molecule has 28 heavy (non-hydrogen) atoms. The van der Waals surface area contributed by atoms with Crippen LogP contribution in [0.1, 0.15) is 11.3 Å². The fourth-order valence-corrected chi connectivity index (χ4v) is 2.83. The zero-order chi connectivity index (χ0) is 19.5. The normalized spacial score (nSPS) is 10.8. The molecule has 0 radical (unpaired) electrons. The first-order chi connectivity index (χ1) is 13.6. The van der Waals surface area contributed by atoms with Crippen molar-refractivity contribution in [3.8, 4) is 5.95 Å². The first kappa shape index (κ1) is 17.5. The van der Waals surface area contributed by atoms with E-state index < -0.39 is 11.7 Å². The van der Waals surface area contributed by atoms with Crippen LogP contribution >= 0.6 is 0 Å². The van der Waals surface area contributed by atoms with Crippen LogP contribution in [0.4, 0.5) is 14.9 Å². The van der Waals surface area contributed by atoms with Crippen molar-refractivity contribution in [2.24, 2.45) is 0 Å². The molecule has 4 aromatic rings. The van der Waals surface area contributed by atoms with Crippen molar-refractivity contribution < 1.29 is 18.3 Å². The molecule has 2 aromatic carbocycles. The first-order valence-electron chi connectivity index (χ1n) is 8.36. The SMILES string of the molecule is O=C(Nc1ccc2c(Cc3cccc(F)c3)n[nH]c(=O)c2c1)Oc1ccco1. The van der Waals surface area contributed by atoms with Crippen LogP contribution in [0.2, 0.25) is 0 Å². The Balaban J connectivity index is 1.61. The number of aromatic nitrogens is 2. The van der Waals surface area contributed by atoms with Gasteiger partial charge in [-0.25, -0.2) is 14.3 Å². The number of anilines is 1. The number of H-pyrrole nitrogens is 1. The van der Waals surface area contributed by atoms with Crippen LogP contribution in [-0.2, 0) is 6.42 Å². The summed E-state index contributed by atoms with van der Waals surface area (Å²) < 4.78 is 23.3. The van der Waals surface area contributed by atoms with Gasteiger partial charge in [0, 0.05) is 23.6 Å². The molecule has 2 heterocycles. The van der Waals surface area contributed by atoms with E-state index in [-0.39, 0.29) is 11.8 Å². The van der Waals surface area contributed by atoms with Crippen LogP contribution in [0.5, 0.6) is 5.95 Å². The summed E-state index contributed by atoms with van der Waals surface area (Å²) in [5.74, 6) is -0.287. The Morgan fingerprint density at radius 3 is 2.82 bits per heavy atom. The van der Waals surface area contributed by atoms with Crippen molar-refractivity contribution in [3.05, 3.63) is 88.3 Å². The predicted molar refractivity (Wildman–Crippen MR) is 99.9 cm³/mol. The molecule has 8 heteroatoms. The van der Waals surface area contributed by atoms with E-state index in [9.17, 15) is 14.0 Å². The maximum atomic E-state index is 13.4. The third kappa shape index (κ3) is 3.75. The Kier molecular flexibility index (Phi) is 4.59. The standard InChI is InChI=1S/C20H14FN3O4/c21-13-4-1-3-12(9-13)10-17-15-7-6-14(11-16(15)19(25)24-23-17)22-20(26)28-18-5-2-8-27-18/h1-9,11H,10H2,(H,22,26)(H,24,25). The summed E-state index contributed by atoms with van der Waals surface area (Å²) in [4.78, 5) is 24.1. The molecule has 0 bridgehead atoms. The maximum Gasteiger partial charge on any atom is 0.419 e. The van der Waals surface area contributed by atoms with Gasteiger partial charge in [-0.2, -0.15) is 5.10 Å². The summed E-state index contributed by atoms with van der Waals surface area (Å²) in [7, 11) is 0. The fraction of sp³-hybridized carbons (Fsp3) is 0.0500. The van der Waals surface area contributed by atoms with Gasteiger partial charge >= 0.3 is 6.09 Å². The Morgan fingerprint density at radius 1 is 1.14 bits per heavy atom. The lowest BCUT2D eigenvalue weighted by Gasteiger charge is -2.08. The predicted octanol–water partition coefficient (Wildman–Crippen LogP) is 3.86. The fourth-order valence-electron chi connectivity index (χ4n) is 2.83. The van der Waals surface area contributed by atoms with Crippen LogP contribution in [0.25, 0.3) is 10.8 Å². The molecule has 0 fully saturated rings. The van der Waals surface area contributed by atoms with Crippen molar-refractivity contribution in [1.29, 1.82) is 0 Å². The highest BCUT2D eigenvalue weighted by molar-refractivity contribution is 5.92. The molecule has 140 valence electrons. The van der Waals surface area contributed by atoms with E-state index in [4.69, 9.17) is 9.15 Å². The van der Waals surface area contributed by atoms with E-state index in [2.05, 4.69) is 15.5 Å². The zero-order valence-corrected chi connectivity index (χ0v) is 14.4. The molecule has 0 aliphatic carbocycles. The second-order valence-electron chi connectivity index (χ2n) is 6.01. The molecule has 0 atom stereocenters. The van der Waals surface area contributed by atoms with Crippen LogP contribution in [0.15, 0.2) is 70.1 Å². The van der Waals surface area contributed by atoms with E-state index in [1.165, 1.54) is 30.5 Å². The average molecular weight is 379 g/mol. The monoisotopic (exact) mass is 379 g/mol. The van der Waals surface area contributed by atoms with Gasteiger partial charge in [0.1, 0.15) is 5.82 Å². The van der Waals surface area contributed by atoms with Crippen molar-refractivity contribution in [2.75, 3.05) is 5.32 Å². The van der Waals surface area contributed by atoms with Gasteiger partial charge in [0.15, 0.2) is 0 Å². The number of hydrogen-bond acceptors (Lipinski definition) is 5. The largest absolute Gasteiger partial charge is 0.434 e. The van der Waals surface area contributed by atoms with Gasteiger partial charge in [-0.05, 0) is 35.9 Å². The van der Waals surface area contributed by atoms with Crippen LogP contribution < -0.4 is 15.6 Å². The van der Waals surface area contributed by atoms with Gasteiger partial charge in [-0.15, -0.1) is 0 Å². The lowest BCUT2D eigenvalue weighted by Crippen LogP contribution is -2.17. The second kappa shape index (κ2) is 7.36. The molecule has 7 nitrogen and oxygen atoms in total. The minimum atomic E-state index is -0.750. The number of rotatable bonds is 4. The molecular weight excluding hydrogens is 365 g/mol. The third-order valence-corrected chi connectivity index (χ3v) is 4.06. The summed E-state index contributed by atoms with van der Waals surface area (Å²) in [6.07, 6.45) is 0.976. The number of aromatic amines is 1. The van der Waals surface area contributed by atoms with Crippen LogP contribution in [-0.4, -0.2) is 16.3 Å². The highest BCUT2D eigenvalue weighted by Gasteiger charge is 2.11. The van der Waals surface area contributed by atoms with Gasteiger partial charge in [0.25, 0.3) is 11.5 Å². The van der Waals surface area contributed by atoms with E-state index >= 15 is 0 Å². The quantitative estimate of drug-likeness (QED) is 0.561. The molecule has 0 aliphatic heterocycles. The van der Waals surface area contributed by atoms with Gasteiger partial charge < -0.3 is 9.15 Å². The smallest absolute Gasteiger partial charge is 0.419 e. The number of furan rings is 1. The molecule has 1 amide bonds. The molecule has 2 N–H and O–H groups in total. The van der Waals surface area contributed by atoms with Crippen LogP contribution in [0.3, 0.4) is 0 Å². The average Bonchev–Trinajstić information content (AvgIpc) is 3.17. The maximum absolute atomic E-state index is 13.4. The Labute approximate surface area is 157 Å². The van der Waals surface area contributed by atoms with E-state index in [0.717, 1.165) is 5.56 Å². The van der Waals surface area contributed by atoms with Gasteiger partial charge in [-0.3, -0.25) is 10.1 Å². The number of halogens is 1. The van der Waals surface area contributed by atoms with Gasteiger partial charge in [0.05, 0.1) is 17.3 Å². The van der Waals surface area contributed by atoms with Crippen molar-refractivity contribution in [2.45, 2.75) is 6.42 Å². The second-order valence-corrected chi connectivity index (χ2v) is 6.01. The highest BCUT2D eigenvalue weighted by atomic mass is 19.1. The number of carbonyl (C=O) groups excluding carboxylic acids is 1. The summed E-state index contributed by atoms with van der Waals surface area (Å²) in [5, 5.41) is 10.0. The number of nitrogens with zero attached hydrogens (tertiary/aromatic N) is 1. The summed E-state index contributed by atoms with van der Waals surface area (Å²) in [5.41, 5.74) is 1.29.